The van der Waals surface area contributed by atoms with Crippen LogP contribution in [-0.4, -0.2) is 5.78 Å². The van der Waals surface area contributed by atoms with Crippen molar-refractivity contribution < 1.29 is 13.6 Å². The third-order valence-electron chi connectivity index (χ3n) is 4.67. The molecule has 4 rings (SSSR count). The van der Waals surface area contributed by atoms with Gasteiger partial charge in [-0.25, -0.2) is 8.78 Å². The smallest absolute Gasteiger partial charge is 0.184 e. The summed E-state index contributed by atoms with van der Waals surface area (Å²) >= 11 is 3.32. The van der Waals surface area contributed by atoms with Crippen molar-refractivity contribution in [2.45, 2.75) is 12.2 Å². The third-order valence-corrected chi connectivity index (χ3v) is 6.98. The van der Waals surface area contributed by atoms with Gasteiger partial charge in [0.25, 0.3) is 0 Å². The Morgan fingerprint density at radius 1 is 1.07 bits per heavy atom. The van der Waals surface area contributed by atoms with Crippen molar-refractivity contribution in [3.05, 3.63) is 85.5 Å². The van der Waals surface area contributed by atoms with Gasteiger partial charge < -0.3 is 5.73 Å². The fourth-order valence-electron chi connectivity index (χ4n) is 3.27. The molecule has 1 aliphatic heterocycles. The molecule has 3 aromatic rings. The molecule has 0 radical (unpaired) electrons. The minimum absolute atomic E-state index is 0.182. The predicted octanol–water partition coefficient (Wildman–Crippen LogP) is 5.72. The second kappa shape index (κ2) is 6.91. The van der Waals surface area contributed by atoms with Gasteiger partial charge in [0.15, 0.2) is 5.78 Å². The Labute approximate surface area is 173 Å². The van der Waals surface area contributed by atoms with E-state index in [2.05, 4.69) is 22.6 Å². The maximum atomic E-state index is 14.7. The van der Waals surface area contributed by atoms with Gasteiger partial charge in [-0.1, -0.05) is 36.0 Å². The van der Waals surface area contributed by atoms with Gasteiger partial charge in [-0.3, -0.25) is 4.79 Å². The van der Waals surface area contributed by atoms with E-state index < -0.39 is 16.9 Å². The van der Waals surface area contributed by atoms with Crippen LogP contribution >= 0.6 is 34.4 Å². The van der Waals surface area contributed by atoms with Crippen LogP contribution in [-0.2, 0) is 4.79 Å². The number of aryl methyl sites for hydroxylation is 1. The molecule has 1 aliphatic rings. The highest BCUT2D eigenvalue weighted by molar-refractivity contribution is 14.1. The largest absolute Gasteiger partial charge is 0.393 e. The molecule has 27 heavy (non-hydrogen) atoms. The van der Waals surface area contributed by atoms with Gasteiger partial charge >= 0.3 is 0 Å². The summed E-state index contributed by atoms with van der Waals surface area (Å²) in [5.74, 6) is -1.27. The molecule has 1 unspecified atom stereocenters. The van der Waals surface area contributed by atoms with Crippen molar-refractivity contribution in [2.75, 3.05) is 0 Å². The van der Waals surface area contributed by atoms with Crippen molar-refractivity contribution in [3.63, 3.8) is 0 Å². The van der Waals surface area contributed by atoms with E-state index in [0.29, 0.717) is 26.9 Å². The van der Waals surface area contributed by atoms with Crippen LogP contribution in [0.25, 0.3) is 16.3 Å². The number of benzene rings is 3. The van der Waals surface area contributed by atoms with Crippen molar-refractivity contribution in [1.29, 1.82) is 0 Å². The molecule has 0 spiro atoms. The molecular formula is C21H14F2INOS. The number of allylic oxidation sites excluding steroid dienone is 1. The lowest BCUT2D eigenvalue weighted by Gasteiger charge is -2.14. The monoisotopic (exact) mass is 493 g/mol. The lowest BCUT2D eigenvalue weighted by Crippen LogP contribution is -2.09. The van der Waals surface area contributed by atoms with Crippen LogP contribution in [0, 0.1) is 22.1 Å². The number of fused-ring (bicyclic) bond motifs is 1. The first-order chi connectivity index (χ1) is 12.9. The number of nitrogens with two attached hydrogens (primary N) is 1. The summed E-state index contributed by atoms with van der Waals surface area (Å²) in [6.45, 7) is 1.98. The highest BCUT2D eigenvalue weighted by Gasteiger charge is 2.37. The Balaban J connectivity index is 1.83. The average Bonchev–Trinajstić information content (AvgIpc) is 2.91. The van der Waals surface area contributed by atoms with Crippen molar-refractivity contribution in [2.24, 2.45) is 5.73 Å². The molecule has 3 aromatic carbocycles. The number of hydrogen-bond acceptors (Lipinski definition) is 3. The molecule has 2 nitrogen and oxygen atoms in total. The van der Waals surface area contributed by atoms with Crippen molar-refractivity contribution in [1.82, 2.24) is 0 Å². The molecule has 0 bridgehead atoms. The van der Waals surface area contributed by atoms with Gasteiger partial charge in [0, 0.05) is 9.13 Å². The molecule has 0 fully saturated rings. The number of hydrogen-bond donors (Lipinski definition) is 1. The topological polar surface area (TPSA) is 43.1 Å². The van der Waals surface area contributed by atoms with E-state index in [-0.39, 0.29) is 11.3 Å². The van der Waals surface area contributed by atoms with E-state index in [1.165, 1.54) is 18.2 Å². The van der Waals surface area contributed by atoms with E-state index in [0.717, 1.165) is 20.9 Å². The molecule has 0 aromatic heterocycles. The molecule has 0 saturated carbocycles. The van der Waals surface area contributed by atoms with Gasteiger partial charge in [0.2, 0.25) is 0 Å². The van der Waals surface area contributed by atoms with Crippen LogP contribution < -0.4 is 5.73 Å². The first-order valence-electron chi connectivity index (χ1n) is 8.21. The maximum Gasteiger partial charge on any atom is 0.184 e. The first-order valence-corrected chi connectivity index (χ1v) is 10.2. The van der Waals surface area contributed by atoms with Gasteiger partial charge in [0.1, 0.15) is 16.9 Å². The lowest BCUT2D eigenvalue weighted by molar-refractivity contribution is -0.113. The average molecular weight is 493 g/mol. The summed E-state index contributed by atoms with van der Waals surface area (Å²) < 4.78 is 29.5. The van der Waals surface area contributed by atoms with E-state index in [9.17, 15) is 13.6 Å². The Morgan fingerprint density at radius 2 is 1.81 bits per heavy atom. The Morgan fingerprint density at radius 3 is 2.56 bits per heavy atom. The first kappa shape index (κ1) is 18.4. The minimum atomic E-state index is -0.829. The van der Waals surface area contributed by atoms with Gasteiger partial charge in [-0.05, 0) is 75.7 Å². The Kier molecular flexibility index (Phi) is 4.71. The molecule has 0 amide bonds. The molecule has 1 atom stereocenters. The number of carbonyl (C=O) groups is 1. The number of Topliss-reactive ketones (excluding diaryl/α,β-unsaturated/α-hetero) is 1. The predicted molar refractivity (Wildman–Crippen MR) is 114 cm³/mol. The summed E-state index contributed by atoms with van der Waals surface area (Å²) in [7, 11) is 0. The quantitative estimate of drug-likeness (QED) is 0.465. The molecule has 0 aliphatic carbocycles. The fraction of sp³-hybridized carbons (Fsp3) is 0.0952. The van der Waals surface area contributed by atoms with Crippen LogP contribution in [0.5, 0.6) is 0 Å². The second-order valence-corrected chi connectivity index (χ2v) is 8.70. The third kappa shape index (κ3) is 3.14. The minimum Gasteiger partial charge on any atom is -0.393 e. The van der Waals surface area contributed by atoms with Crippen LogP contribution in [0.1, 0.15) is 21.9 Å². The highest BCUT2D eigenvalue weighted by atomic mass is 127. The number of halogens is 3. The van der Waals surface area contributed by atoms with Gasteiger partial charge in [-0.15, -0.1) is 0 Å². The van der Waals surface area contributed by atoms with E-state index >= 15 is 0 Å². The number of rotatable bonds is 2. The van der Waals surface area contributed by atoms with Gasteiger partial charge in [0.05, 0.1) is 10.6 Å². The zero-order chi connectivity index (χ0) is 19.3. The lowest BCUT2D eigenvalue weighted by atomic mass is 9.94. The zero-order valence-electron chi connectivity index (χ0n) is 14.2. The summed E-state index contributed by atoms with van der Waals surface area (Å²) in [6.07, 6.45) is 0. The highest BCUT2D eigenvalue weighted by Crippen LogP contribution is 2.48. The molecule has 0 saturated heterocycles. The molecule has 1 heterocycles. The van der Waals surface area contributed by atoms with E-state index in [1.54, 1.807) is 12.1 Å². The Bertz CT molecular complexity index is 1140. The number of carbonyl (C=O) groups excluding carboxylic acids is 1. The van der Waals surface area contributed by atoms with Crippen molar-refractivity contribution in [3.8, 4) is 0 Å². The summed E-state index contributed by atoms with van der Waals surface area (Å²) in [5, 5.41) is 0.605. The van der Waals surface area contributed by atoms with Crippen LogP contribution in [0.3, 0.4) is 0 Å². The van der Waals surface area contributed by atoms with Crippen LogP contribution in [0.4, 0.5) is 8.78 Å². The van der Waals surface area contributed by atoms with Crippen LogP contribution in [0.15, 0.2) is 53.6 Å². The summed E-state index contributed by atoms with van der Waals surface area (Å²) in [5.41, 5.74) is 8.56. The number of thioether (sulfide) groups is 1. The SMILES string of the molecule is Cc1ccc(C2=C(N)SC(c3c(F)ccc4ccc(F)cc34)C2=O)cc1I. The van der Waals surface area contributed by atoms with E-state index in [1.807, 2.05) is 25.1 Å². The zero-order valence-corrected chi connectivity index (χ0v) is 17.2. The van der Waals surface area contributed by atoms with Gasteiger partial charge in [-0.2, -0.15) is 0 Å². The summed E-state index contributed by atoms with van der Waals surface area (Å²) in [4.78, 5) is 13.2. The maximum absolute atomic E-state index is 14.7. The van der Waals surface area contributed by atoms with Crippen molar-refractivity contribution >= 4 is 56.5 Å². The summed E-state index contributed by atoms with van der Waals surface area (Å²) in [6, 6.07) is 12.7. The molecule has 2 N–H and O–H groups in total. The van der Waals surface area contributed by atoms with E-state index in [4.69, 9.17) is 5.73 Å². The molecule has 136 valence electrons. The number of ketones is 1. The standard InChI is InChI=1S/C21H14F2INOS/c1-10-2-3-12(8-16(10)24)17-19(26)20(27-21(17)25)18-14-9-13(22)6-4-11(14)5-7-15(18)23/h2-9,20H,25H2,1H3. The van der Waals surface area contributed by atoms with Crippen LogP contribution in [0.2, 0.25) is 0 Å². The fourth-order valence-corrected chi connectivity index (χ4v) is 4.96. The molecule has 6 heteroatoms. The second-order valence-electron chi connectivity index (χ2n) is 6.39. The molecular weight excluding hydrogens is 479 g/mol. The normalized spacial score (nSPS) is 17.2. The Hall–Kier alpha value is -1.93.